The van der Waals surface area contributed by atoms with Crippen LogP contribution in [-0.2, 0) is 14.3 Å². The van der Waals surface area contributed by atoms with Crippen LogP contribution >= 0.6 is 0 Å². The lowest BCUT2D eigenvalue weighted by Crippen LogP contribution is -2.36. The van der Waals surface area contributed by atoms with E-state index in [4.69, 9.17) is 10.00 Å². The Kier molecular flexibility index (Phi) is 6.00. The summed E-state index contributed by atoms with van der Waals surface area (Å²) in [6, 6.07) is 1.81. The zero-order chi connectivity index (χ0) is 19.4. The molecule has 6 nitrogen and oxygen atoms in total. The topological polar surface area (TPSA) is 90.6 Å². The molecule has 0 aromatic heterocycles. The molecular formula is C21H26N2O4. The molecule has 0 saturated heterocycles. The van der Waals surface area contributed by atoms with Crippen LogP contribution in [0.4, 0.5) is 0 Å². The lowest BCUT2D eigenvalue weighted by Gasteiger charge is -2.34. The Morgan fingerprint density at radius 1 is 1.37 bits per heavy atom. The van der Waals surface area contributed by atoms with Crippen molar-refractivity contribution in [3.8, 4) is 6.07 Å². The SMILES string of the molecule is COC(=O)CC1CCC([C@H]2C=CC(N3CCC(O)=C(C#N)C3=O)=CC2)CC1. The van der Waals surface area contributed by atoms with Gasteiger partial charge in [0.25, 0.3) is 5.91 Å². The Labute approximate surface area is 159 Å². The van der Waals surface area contributed by atoms with E-state index in [1.165, 1.54) is 7.11 Å². The predicted octanol–water partition coefficient (Wildman–Crippen LogP) is 3.38. The summed E-state index contributed by atoms with van der Waals surface area (Å²) >= 11 is 0. The standard InChI is InChI=1S/C21H26N2O4/c1-27-20(25)12-14-2-4-15(5-3-14)16-6-8-17(9-7-16)23-11-10-19(24)18(13-22)21(23)26/h6,8-9,14-16,24H,2-5,7,10-12H2,1H3/t14?,15?,16-/m0/s1. The summed E-state index contributed by atoms with van der Waals surface area (Å²) in [4.78, 5) is 25.4. The molecule has 1 fully saturated rings. The van der Waals surface area contributed by atoms with Crippen LogP contribution in [0.15, 0.2) is 35.3 Å². The van der Waals surface area contributed by atoms with Gasteiger partial charge in [-0.2, -0.15) is 5.26 Å². The molecule has 0 bridgehead atoms. The Morgan fingerprint density at radius 3 is 2.70 bits per heavy atom. The van der Waals surface area contributed by atoms with Gasteiger partial charge in [-0.3, -0.25) is 9.59 Å². The number of carbonyl (C=O) groups excluding carboxylic acids is 2. The van der Waals surface area contributed by atoms with Crippen LogP contribution in [0.5, 0.6) is 0 Å². The first kappa shape index (κ1) is 19.2. The zero-order valence-electron chi connectivity index (χ0n) is 15.7. The zero-order valence-corrected chi connectivity index (χ0v) is 15.7. The van der Waals surface area contributed by atoms with Gasteiger partial charge in [0, 0.05) is 25.1 Å². The summed E-state index contributed by atoms with van der Waals surface area (Å²) in [6.07, 6.45) is 12.3. The van der Waals surface area contributed by atoms with Gasteiger partial charge in [-0.15, -0.1) is 0 Å². The summed E-state index contributed by atoms with van der Waals surface area (Å²) < 4.78 is 4.77. The molecule has 0 spiro atoms. The molecular weight excluding hydrogens is 344 g/mol. The number of nitriles is 1. The molecule has 1 aliphatic heterocycles. The van der Waals surface area contributed by atoms with Crippen LogP contribution < -0.4 is 0 Å². The lowest BCUT2D eigenvalue weighted by molar-refractivity contribution is -0.142. The van der Waals surface area contributed by atoms with Crippen LogP contribution in [0.1, 0.15) is 44.9 Å². The third-order valence-electron chi connectivity index (χ3n) is 6.04. The number of aliphatic hydroxyl groups excluding tert-OH is 1. The van der Waals surface area contributed by atoms with E-state index in [-0.39, 0.29) is 17.3 Å². The van der Waals surface area contributed by atoms with Crippen molar-refractivity contribution in [1.82, 2.24) is 4.90 Å². The van der Waals surface area contributed by atoms with Crippen molar-refractivity contribution >= 4 is 11.9 Å². The van der Waals surface area contributed by atoms with Gasteiger partial charge < -0.3 is 14.7 Å². The van der Waals surface area contributed by atoms with E-state index >= 15 is 0 Å². The van der Waals surface area contributed by atoms with E-state index in [1.807, 2.05) is 12.1 Å². The average molecular weight is 370 g/mol. The van der Waals surface area contributed by atoms with Crippen LogP contribution in [0.25, 0.3) is 0 Å². The van der Waals surface area contributed by atoms with Crippen molar-refractivity contribution in [1.29, 1.82) is 5.26 Å². The van der Waals surface area contributed by atoms with Gasteiger partial charge >= 0.3 is 5.97 Å². The van der Waals surface area contributed by atoms with Crippen molar-refractivity contribution < 1.29 is 19.4 Å². The maximum Gasteiger partial charge on any atom is 0.305 e. The molecule has 0 aromatic rings. The molecule has 6 heteroatoms. The summed E-state index contributed by atoms with van der Waals surface area (Å²) in [7, 11) is 1.44. The molecule has 0 unspecified atom stereocenters. The number of hydrogen-bond donors (Lipinski definition) is 1. The minimum atomic E-state index is -0.418. The molecule has 3 aliphatic rings. The average Bonchev–Trinajstić information content (AvgIpc) is 2.69. The van der Waals surface area contributed by atoms with Gasteiger partial charge in [-0.1, -0.05) is 12.2 Å². The predicted molar refractivity (Wildman–Crippen MR) is 99.0 cm³/mol. The lowest BCUT2D eigenvalue weighted by atomic mass is 9.73. The number of nitrogens with zero attached hydrogens (tertiary/aromatic N) is 2. The molecule has 27 heavy (non-hydrogen) atoms. The number of amides is 1. The maximum absolute atomic E-state index is 12.4. The highest BCUT2D eigenvalue weighted by Crippen LogP contribution is 2.39. The summed E-state index contributed by atoms with van der Waals surface area (Å²) in [6.45, 7) is 0.398. The minimum absolute atomic E-state index is 0.110. The summed E-state index contributed by atoms with van der Waals surface area (Å²) in [5.41, 5.74) is 0.664. The Hall–Kier alpha value is -2.55. The van der Waals surface area contributed by atoms with E-state index in [2.05, 4.69) is 12.2 Å². The second kappa shape index (κ2) is 8.43. The van der Waals surface area contributed by atoms with Crippen molar-refractivity contribution in [3.63, 3.8) is 0 Å². The van der Waals surface area contributed by atoms with E-state index in [1.54, 1.807) is 4.90 Å². The van der Waals surface area contributed by atoms with Crippen molar-refractivity contribution in [2.45, 2.75) is 44.9 Å². The van der Waals surface area contributed by atoms with Gasteiger partial charge in [0.05, 0.1) is 7.11 Å². The highest BCUT2D eigenvalue weighted by molar-refractivity contribution is 5.99. The molecule has 1 saturated carbocycles. The number of hydrogen-bond acceptors (Lipinski definition) is 5. The van der Waals surface area contributed by atoms with E-state index in [9.17, 15) is 14.7 Å². The van der Waals surface area contributed by atoms with E-state index < -0.39 is 5.91 Å². The molecule has 1 heterocycles. The number of methoxy groups -OCH3 is 1. The third kappa shape index (κ3) is 4.24. The molecule has 144 valence electrons. The van der Waals surface area contributed by atoms with Crippen LogP contribution in [-0.4, -0.2) is 35.5 Å². The van der Waals surface area contributed by atoms with Crippen LogP contribution in [0.3, 0.4) is 0 Å². The van der Waals surface area contributed by atoms with Crippen molar-refractivity contribution in [3.05, 3.63) is 35.3 Å². The first-order valence-electron chi connectivity index (χ1n) is 9.62. The van der Waals surface area contributed by atoms with Gasteiger partial charge in [0.1, 0.15) is 11.8 Å². The van der Waals surface area contributed by atoms with Gasteiger partial charge in [-0.25, -0.2) is 0 Å². The molecule has 1 N–H and O–H groups in total. The highest BCUT2D eigenvalue weighted by Gasteiger charge is 2.31. The Morgan fingerprint density at radius 2 is 2.11 bits per heavy atom. The first-order chi connectivity index (χ1) is 13.0. The van der Waals surface area contributed by atoms with Crippen molar-refractivity contribution in [2.24, 2.45) is 17.8 Å². The Bertz CT molecular complexity index is 736. The number of carbonyl (C=O) groups is 2. The van der Waals surface area contributed by atoms with E-state index in [0.717, 1.165) is 37.8 Å². The second-order valence-corrected chi connectivity index (χ2v) is 7.59. The number of allylic oxidation sites excluding steroid dienone is 3. The molecule has 0 aromatic carbocycles. The fourth-order valence-corrected chi connectivity index (χ4v) is 4.38. The molecule has 1 atom stereocenters. The normalized spacial score (nSPS) is 28.6. The number of esters is 1. The van der Waals surface area contributed by atoms with Crippen LogP contribution in [0, 0.1) is 29.1 Å². The second-order valence-electron chi connectivity index (χ2n) is 7.59. The summed E-state index contributed by atoms with van der Waals surface area (Å²) in [5.74, 6) is 0.837. The monoisotopic (exact) mass is 370 g/mol. The maximum atomic E-state index is 12.4. The molecule has 1 amide bonds. The fraction of sp³-hybridized carbons (Fsp3) is 0.571. The Balaban J connectivity index is 1.54. The van der Waals surface area contributed by atoms with Crippen LogP contribution in [0.2, 0.25) is 0 Å². The molecule has 2 aliphatic carbocycles. The fourth-order valence-electron chi connectivity index (χ4n) is 4.38. The quantitative estimate of drug-likeness (QED) is 0.766. The third-order valence-corrected chi connectivity index (χ3v) is 6.04. The first-order valence-corrected chi connectivity index (χ1v) is 9.62. The van der Waals surface area contributed by atoms with Gasteiger partial charge in [0.15, 0.2) is 5.57 Å². The smallest absolute Gasteiger partial charge is 0.305 e. The van der Waals surface area contributed by atoms with Gasteiger partial charge in [-0.05, 0) is 55.9 Å². The highest BCUT2D eigenvalue weighted by atomic mass is 16.5. The van der Waals surface area contributed by atoms with Crippen molar-refractivity contribution in [2.75, 3.05) is 13.7 Å². The van der Waals surface area contributed by atoms with Gasteiger partial charge in [0.2, 0.25) is 0 Å². The number of rotatable bonds is 4. The molecule has 0 radical (unpaired) electrons. The number of ether oxygens (including phenoxy) is 1. The largest absolute Gasteiger partial charge is 0.511 e. The number of aliphatic hydroxyl groups is 1. The molecule has 3 rings (SSSR count). The summed E-state index contributed by atoms with van der Waals surface area (Å²) in [5, 5.41) is 18.8. The minimum Gasteiger partial charge on any atom is -0.511 e. The van der Waals surface area contributed by atoms with E-state index in [0.29, 0.717) is 37.1 Å².